The highest BCUT2D eigenvalue weighted by atomic mass is 19.4. The van der Waals surface area contributed by atoms with Crippen molar-refractivity contribution in [2.24, 2.45) is 5.92 Å². The van der Waals surface area contributed by atoms with E-state index in [4.69, 9.17) is 0 Å². The van der Waals surface area contributed by atoms with Gasteiger partial charge in [0.1, 0.15) is 5.82 Å². The number of hydrogen-bond donors (Lipinski definition) is 1. The van der Waals surface area contributed by atoms with Crippen molar-refractivity contribution in [3.63, 3.8) is 0 Å². The highest BCUT2D eigenvalue weighted by Gasteiger charge is 2.33. The zero-order valence-electron chi connectivity index (χ0n) is 14.0. The van der Waals surface area contributed by atoms with Gasteiger partial charge in [0.05, 0.1) is 11.8 Å². The topological polar surface area (TPSA) is 58.1 Å². The van der Waals surface area contributed by atoms with E-state index < -0.39 is 11.7 Å². The number of amides is 1. The van der Waals surface area contributed by atoms with Gasteiger partial charge >= 0.3 is 6.18 Å². The normalized spacial score (nSPS) is 15.7. The Kier molecular flexibility index (Phi) is 5.39. The first-order valence-corrected chi connectivity index (χ1v) is 8.39. The zero-order chi connectivity index (χ0) is 18.6. The SMILES string of the molecule is O=C(NCc1ccccc1C(F)(F)F)C1CCN(c2cnccn2)CC1. The predicted octanol–water partition coefficient (Wildman–Crippen LogP) is 3.03. The summed E-state index contributed by atoms with van der Waals surface area (Å²) < 4.78 is 39.0. The van der Waals surface area contributed by atoms with Gasteiger partial charge in [-0.2, -0.15) is 13.2 Å². The van der Waals surface area contributed by atoms with Crippen LogP contribution in [-0.2, 0) is 17.5 Å². The molecule has 0 aliphatic carbocycles. The molecular formula is C18H19F3N4O. The van der Waals surface area contributed by atoms with Crippen LogP contribution in [0.25, 0.3) is 0 Å². The van der Waals surface area contributed by atoms with E-state index in [1.165, 1.54) is 18.2 Å². The number of benzene rings is 1. The number of piperidine rings is 1. The fraction of sp³-hybridized carbons (Fsp3) is 0.389. The van der Waals surface area contributed by atoms with Gasteiger partial charge in [-0.25, -0.2) is 4.98 Å². The van der Waals surface area contributed by atoms with Crippen molar-refractivity contribution in [2.75, 3.05) is 18.0 Å². The minimum absolute atomic E-state index is 0.0744. The number of aromatic nitrogens is 2. The molecule has 1 fully saturated rings. The molecule has 1 aromatic carbocycles. The first-order valence-electron chi connectivity index (χ1n) is 8.39. The fourth-order valence-corrected chi connectivity index (χ4v) is 3.10. The van der Waals surface area contributed by atoms with Crippen LogP contribution in [0.4, 0.5) is 19.0 Å². The molecule has 2 aromatic rings. The summed E-state index contributed by atoms with van der Waals surface area (Å²) in [4.78, 5) is 22.7. The molecule has 3 rings (SSSR count). The standard InChI is InChI=1S/C18H19F3N4O/c19-18(20,21)15-4-2-1-3-14(15)11-24-17(26)13-5-9-25(10-6-13)16-12-22-7-8-23-16/h1-4,7-8,12-13H,5-6,9-11H2,(H,24,26). The smallest absolute Gasteiger partial charge is 0.355 e. The highest BCUT2D eigenvalue weighted by Crippen LogP contribution is 2.31. The average Bonchev–Trinajstić information content (AvgIpc) is 2.66. The van der Waals surface area contributed by atoms with Crippen molar-refractivity contribution >= 4 is 11.7 Å². The van der Waals surface area contributed by atoms with Crippen LogP contribution in [0.5, 0.6) is 0 Å². The number of anilines is 1. The van der Waals surface area contributed by atoms with Gasteiger partial charge in [-0.1, -0.05) is 18.2 Å². The Morgan fingerprint density at radius 3 is 2.58 bits per heavy atom. The third kappa shape index (κ3) is 4.30. The van der Waals surface area contributed by atoms with E-state index in [2.05, 4.69) is 20.2 Å². The van der Waals surface area contributed by atoms with E-state index in [9.17, 15) is 18.0 Å². The second-order valence-electron chi connectivity index (χ2n) is 6.20. The molecule has 2 heterocycles. The second-order valence-corrected chi connectivity index (χ2v) is 6.20. The molecule has 0 radical (unpaired) electrons. The van der Waals surface area contributed by atoms with Crippen molar-refractivity contribution in [3.8, 4) is 0 Å². The monoisotopic (exact) mass is 364 g/mol. The molecule has 0 spiro atoms. The van der Waals surface area contributed by atoms with Gasteiger partial charge in [-0.05, 0) is 24.5 Å². The molecule has 1 saturated heterocycles. The largest absolute Gasteiger partial charge is 0.416 e. The van der Waals surface area contributed by atoms with Crippen LogP contribution in [0.1, 0.15) is 24.0 Å². The number of carbonyl (C=O) groups is 1. The Hall–Kier alpha value is -2.64. The van der Waals surface area contributed by atoms with Crippen molar-refractivity contribution in [1.82, 2.24) is 15.3 Å². The minimum atomic E-state index is -4.43. The molecule has 1 aliphatic heterocycles. The first kappa shape index (κ1) is 18.2. The number of carbonyl (C=O) groups excluding carboxylic acids is 1. The summed E-state index contributed by atoms with van der Waals surface area (Å²) in [6.45, 7) is 1.20. The maximum atomic E-state index is 13.0. The summed E-state index contributed by atoms with van der Waals surface area (Å²) in [7, 11) is 0. The summed E-state index contributed by atoms with van der Waals surface area (Å²) in [6.07, 6.45) is 1.72. The van der Waals surface area contributed by atoms with Crippen LogP contribution < -0.4 is 10.2 Å². The molecule has 1 amide bonds. The number of nitrogens with one attached hydrogen (secondary N) is 1. The second kappa shape index (κ2) is 7.72. The highest BCUT2D eigenvalue weighted by molar-refractivity contribution is 5.79. The lowest BCUT2D eigenvalue weighted by Crippen LogP contribution is -2.40. The van der Waals surface area contributed by atoms with E-state index in [1.807, 2.05) is 0 Å². The molecule has 5 nitrogen and oxygen atoms in total. The molecule has 1 aromatic heterocycles. The van der Waals surface area contributed by atoms with Crippen LogP contribution in [0, 0.1) is 5.92 Å². The Labute approximate surface area is 149 Å². The van der Waals surface area contributed by atoms with Gasteiger partial charge in [-0.15, -0.1) is 0 Å². The van der Waals surface area contributed by atoms with Crippen LogP contribution in [0.3, 0.4) is 0 Å². The van der Waals surface area contributed by atoms with Crippen LogP contribution in [0.15, 0.2) is 42.9 Å². The number of halogens is 3. The van der Waals surface area contributed by atoms with Crippen LogP contribution >= 0.6 is 0 Å². The van der Waals surface area contributed by atoms with Crippen molar-refractivity contribution in [3.05, 3.63) is 54.0 Å². The molecule has 8 heteroatoms. The molecule has 1 aliphatic rings. The zero-order valence-corrected chi connectivity index (χ0v) is 14.0. The first-order chi connectivity index (χ1) is 12.4. The molecule has 1 N–H and O–H groups in total. The van der Waals surface area contributed by atoms with Crippen molar-refractivity contribution in [1.29, 1.82) is 0 Å². The molecule has 26 heavy (non-hydrogen) atoms. The molecule has 138 valence electrons. The molecule has 0 unspecified atom stereocenters. The summed E-state index contributed by atoms with van der Waals surface area (Å²) in [5, 5.41) is 2.65. The molecule has 0 saturated carbocycles. The number of rotatable bonds is 4. The van der Waals surface area contributed by atoms with Gasteiger partial charge in [0, 0.05) is 37.9 Å². The van der Waals surface area contributed by atoms with Gasteiger partial charge in [0.2, 0.25) is 5.91 Å². The summed E-state index contributed by atoms with van der Waals surface area (Å²) in [5.74, 6) is 0.354. The Morgan fingerprint density at radius 1 is 1.19 bits per heavy atom. The molecule has 0 bridgehead atoms. The lowest BCUT2D eigenvalue weighted by Gasteiger charge is -2.31. The fourth-order valence-electron chi connectivity index (χ4n) is 3.10. The summed E-state index contributed by atoms with van der Waals surface area (Å²) in [5.41, 5.74) is -0.636. The van der Waals surface area contributed by atoms with E-state index in [0.717, 1.165) is 11.9 Å². The van der Waals surface area contributed by atoms with Crippen LogP contribution in [0.2, 0.25) is 0 Å². The third-order valence-electron chi connectivity index (χ3n) is 4.52. The predicted molar refractivity (Wildman–Crippen MR) is 90.3 cm³/mol. The number of nitrogens with zero attached hydrogens (tertiary/aromatic N) is 3. The van der Waals surface area contributed by atoms with E-state index in [0.29, 0.717) is 25.9 Å². The quantitative estimate of drug-likeness (QED) is 0.906. The van der Waals surface area contributed by atoms with Gasteiger partial charge in [0.25, 0.3) is 0 Å². The maximum absolute atomic E-state index is 13.0. The van der Waals surface area contributed by atoms with Crippen LogP contribution in [-0.4, -0.2) is 29.0 Å². The van der Waals surface area contributed by atoms with Gasteiger partial charge in [-0.3, -0.25) is 9.78 Å². The van der Waals surface area contributed by atoms with E-state index in [1.54, 1.807) is 18.6 Å². The van der Waals surface area contributed by atoms with Gasteiger partial charge in [0.15, 0.2) is 0 Å². The summed E-state index contributed by atoms with van der Waals surface area (Å²) in [6, 6.07) is 5.30. The minimum Gasteiger partial charge on any atom is -0.355 e. The molecular weight excluding hydrogens is 345 g/mol. The number of hydrogen-bond acceptors (Lipinski definition) is 4. The van der Waals surface area contributed by atoms with Crippen molar-refractivity contribution in [2.45, 2.75) is 25.6 Å². The third-order valence-corrected chi connectivity index (χ3v) is 4.52. The number of alkyl halides is 3. The van der Waals surface area contributed by atoms with E-state index in [-0.39, 0.29) is 23.9 Å². The van der Waals surface area contributed by atoms with Gasteiger partial charge < -0.3 is 10.2 Å². The Balaban J connectivity index is 1.54. The Bertz CT molecular complexity index is 744. The summed E-state index contributed by atoms with van der Waals surface area (Å²) >= 11 is 0. The van der Waals surface area contributed by atoms with Crippen molar-refractivity contribution < 1.29 is 18.0 Å². The maximum Gasteiger partial charge on any atom is 0.416 e. The Morgan fingerprint density at radius 2 is 1.92 bits per heavy atom. The lowest BCUT2D eigenvalue weighted by atomic mass is 9.95. The lowest BCUT2D eigenvalue weighted by molar-refractivity contribution is -0.138. The van der Waals surface area contributed by atoms with E-state index >= 15 is 0 Å². The molecule has 0 atom stereocenters. The average molecular weight is 364 g/mol.